The van der Waals surface area contributed by atoms with Crippen LogP contribution in [-0.2, 0) is 25.7 Å². The predicted octanol–water partition coefficient (Wildman–Crippen LogP) is 16.1. The third kappa shape index (κ3) is 14.0. The fraction of sp³-hybridized carbons (Fsp3) is 0.667. The number of hydrogen-bond donors (Lipinski definition) is 0. The summed E-state index contributed by atoms with van der Waals surface area (Å²) in [5.74, 6) is 0. The lowest BCUT2D eigenvalue weighted by molar-refractivity contribution is 0.594. The van der Waals surface area contributed by atoms with E-state index in [0.717, 1.165) is 0 Å². The molecule has 3 aromatic carbocycles. The Balaban J connectivity index is 2.10. The molecule has 0 saturated carbocycles. The lowest BCUT2D eigenvalue weighted by Crippen LogP contribution is -2.08. The molecule has 0 saturated heterocycles. The molecule has 0 aliphatic heterocycles. The van der Waals surface area contributed by atoms with Gasteiger partial charge in [-0.15, -0.1) is 0 Å². The predicted molar refractivity (Wildman–Crippen MR) is 218 cm³/mol. The number of benzene rings is 3. The second kappa shape index (κ2) is 25.8. The Kier molecular flexibility index (Phi) is 21.7. The Hall–Kier alpha value is -2.08. The van der Waals surface area contributed by atoms with Gasteiger partial charge in [-0.05, 0) is 95.5 Å². The standard InChI is InChI=1S/C48H76/c1-5-9-13-17-21-26-33-42-36-32-40-46-47(41-34-27-25-28-35-41)44(38-30-23-19-15-11-7-3)43(37-29-22-18-14-10-6-2)45(48(42)46)39-31-24-20-16-12-8-4/h25,27-28,32,34-36,40H,5-24,26,29-31,33,37-39H2,1-4H3. The van der Waals surface area contributed by atoms with Crippen molar-refractivity contribution in [2.45, 2.75) is 207 Å². The summed E-state index contributed by atoms with van der Waals surface area (Å²) in [6, 6.07) is 19.0. The molecule has 0 heterocycles. The van der Waals surface area contributed by atoms with Gasteiger partial charge < -0.3 is 0 Å². The number of fused-ring (bicyclic) bond motifs is 1. The molecular weight excluding hydrogens is 577 g/mol. The molecule has 0 fully saturated rings. The fourth-order valence-electron chi connectivity index (χ4n) is 8.15. The van der Waals surface area contributed by atoms with Crippen LogP contribution in [0.15, 0.2) is 48.5 Å². The average molecular weight is 653 g/mol. The van der Waals surface area contributed by atoms with Gasteiger partial charge >= 0.3 is 0 Å². The highest BCUT2D eigenvalue weighted by molar-refractivity contribution is 6.03. The molecule has 0 heteroatoms. The Labute approximate surface area is 299 Å². The largest absolute Gasteiger partial charge is 0.0654 e. The molecule has 0 unspecified atom stereocenters. The molecule has 0 N–H and O–H groups in total. The Morgan fingerprint density at radius 2 is 0.750 bits per heavy atom. The van der Waals surface area contributed by atoms with E-state index in [4.69, 9.17) is 0 Å². The minimum Gasteiger partial charge on any atom is -0.0654 e. The van der Waals surface area contributed by atoms with Gasteiger partial charge in [0.05, 0.1) is 0 Å². The maximum absolute atomic E-state index is 2.51. The van der Waals surface area contributed by atoms with Gasteiger partial charge in [0.15, 0.2) is 0 Å². The lowest BCUT2D eigenvalue weighted by Gasteiger charge is -2.25. The van der Waals surface area contributed by atoms with Crippen LogP contribution >= 0.6 is 0 Å². The molecule has 0 amide bonds. The van der Waals surface area contributed by atoms with E-state index < -0.39 is 0 Å². The van der Waals surface area contributed by atoms with Gasteiger partial charge in [-0.2, -0.15) is 0 Å². The first kappa shape index (κ1) is 40.4. The second-order valence-corrected chi connectivity index (χ2v) is 15.1. The molecule has 0 spiro atoms. The lowest BCUT2D eigenvalue weighted by atomic mass is 9.79. The van der Waals surface area contributed by atoms with Gasteiger partial charge in [-0.1, -0.05) is 205 Å². The molecule has 0 aliphatic rings. The minimum atomic E-state index is 1.23. The molecule has 3 aromatic rings. The highest BCUT2D eigenvalue weighted by atomic mass is 14.3. The van der Waals surface area contributed by atoms with Crippen molar-refractivity contribution in [1.29, 1.82) is 0 Å². The van der Waals surface area contributed by atoms with E-state index >= 15 is 0 Å². The number of aryl methyl sites for hydroxylation is 2. The van der Waals surface area contributed by atoms with Crippen LogP contribution in [0.3, 0.4) is 0 Å². The van der Waals surface area contributed by atoms with Gasteiger partial charge in [0.25, 0.3) is 0 Å². The van der Waals surface area contributed by atoms with Crippen LogP contribution in [0.25, 0.3) is 21.9 Å². The fourth-order valence-corrected chi connectivity index (χ4v) is 8.15. The van der Waals surface area contributed by atoms with Crippen molar-refractivity contribution in [1.82, 2.24) is 0 Å². The van der Waals surface area contributed by atoms with Gasteiger partial charge in [-0.25, -0.2) is 0 Å². The van der Waals surface area contributed by atoms with Crippen molar-refractivity contribution in [3.05, 3.63) is 70.8 Å². The smallest absolute Gasteiger partial charge is 0.00703 e. The summed E-state index contributed by atoms with van der Waals surface area (Å²) in [6.07, 6.45) is 37.9. The highest BCUT2D eigenvalue weighted by Gasteiger charge is 2.22. The van der Waals surface area contributed by atoms with E-state index in [-0.39, 0.29) is 0 Å². The number of unbranched alkanes of at least 4 members (excludes halogenated alkanes) is 20. The zero-order valence-electron chi connectivity index (χ0n) is 32.4. The van der Waals surface area contributed by atoms with E-state index in [9.17, 15) is 0 Å². The quantitative estimate of drug-likeness (QED) is 0.0655. The summed E-state index contributed by atoms with van der Waals surface area (Å²) >= 11 is 0. The summed E-state index contributed by atoms with van der Waals surface area (Å²) in [6.45, 7) is 9.34. The van der Waals surface area contributed by atoms with Crippen LogP contribution in [0.2, 0.25) is 0 Å². The van der Waals surface area contributed by atoms with Gasteiger partial charge in [-0.3, -0.25) is 0 Å². The molecule has 0 bridgehead atoms. The van der Waals surface area contributed by atoms with Gasteiger partial charge in [0.1, 0.15) is 0 Å². The zero-order chi connectivity index (χ0) is 34.1. The first-order valence-corrected chi connectivity index (χ1v) is 21.4. The molecule has 0 aromatic heterocycles. The maximum Gasteiger partial charge on any atom is -0.00703 e. The van der Waals surface area contributed by atoms with Crippen molar-refractivity contribution < 1.29 is 0 Å². The summed E-state index contributed by atoms with van der Waals surface area (Å²) in [5, 5.41) is 3.21. The molecule has 268 valence electrons. The Morgan fingerprint density at radius 1 is 0.333 bits per heavy atom. The van der Waals surface area contributed by atoms with E-state index in [2.05, 4.69) is 76.2 Å². The van der Waals surface area contributed by atoms with Crippen molar-refractivity contribution in [3.8, 4) is 11.1 Å². The number of rotatable bonds is 29. The average Bonchev–Trinajstić information content (AvgIpc) is 3.11. The van der Waals surface area contributed by atoms with E-state index in [1.54, 1.807) is 38.6 Å². The van der Waals surface area contributed by atoms with E-state index in [1.165, 1.54) is 185 Å². The van der Waals surface area contributed by atoms with Crippen LogP contribution < -0.4 is 0 Å². The Bertz CT molecular complexity index is 1220. The molecule has 0 atom stereocenters. The molecule has 48 heavy (non-hydrogen) atoms. The molecule has 0 radical (unpaired) electrons. The first-order chi connectivity index (χ1) is 23.8. The summed E-state index contributed by atoms with van der Waals surface area (Å²) in [5.41, 5.74) is 9.91. The second-order valence-electron chi connectivity index (χ2n) is 15.1. The van der Waals surface area contributed by atoms with Crippen LogP contribution in [0.1, 0.15) is 204 Å². The molecule has 3 rings (SSSR count). The third-order valence-electron chi connectivity index (χ3n) is 11.0. The normalized spacial score (nSPS) is 11.6. The van der Waals surface area contributed by atoms with Crippen LogP contribution in [0.5, 0.6) is 0 Å². The molecular formula is C48H76. The number of hydrogen-bond acceptors (Lipinski definition) is 0. The topological polar surface area (TPSA) is 0 Å². The van der Waals surface area contributed by atoms with Gasteiger partial charge in [0.2, 0.25) is 0 Å². The van der Waals surface area contributed by atoms with Crippen LogP contribution in [0.4, 0.5) is 0 Å². The van der Waals surface area contributed by atoms with Gasteiger partial charge in [0, 0.05) is 0 Å². The zero-order valence-corrected chi connectivity index (χ0v) is 32.4. The summed E-state index contributed by atoms with van der Waals surface area (Å²) in [4.78, 5) is 0. The molecule has 0 nitrogen and oxygen atoms in total. The SMILES string of the molecule is CCCCCCCCc1c(CCCCCCCC)c(CCCCCCCC)c2c(CCCCCCCC)cccc2c1-c1ccccc1. The van der Waals surface area contributed by atoms with E-state index in [1.807, 2.05) is 0 Å². The highest BCUT2D eigenvalue weighted by Crippen LogP contribution is 2.42. The summed E-state index contributed by atoms with van der Waals surface area (Å²) in [7, 11) is 0. The Morgan fingerprint density at radius 3 is 1.25 bits per heavy atom. The van der Waals surface area contributed by atoms with Crippen molar-refractivity contribution in [3.63, 3.8) is 0 Å². The monoisotopic (exact) mass is 653 g/mol. The molecule has 0 aliphatic carbocycles. The van der Waals surface area contributed by atoms with E-state index in [0.29, 0.717) is 0 Å². The maximum atomic E-state index is 2.51. The van der Waals surface area contributed by atoms with Crippen LogP contribution in [-0.4, -0.2) is 0 Å². The van der Waals surface area contributed by atoms with Crippen molar-refractivity contribution >= 4 is 10.8 Å². The van der Waals surface area contributed by atoms with Crippen LogP contribution in [0, 0.1) is 0 Å². The summed E-state index contributed by atoms with van der Waals surface area (Å²) < 4.78 is 0. The minimum absolute atomic E-state index is 1.23. The van der Waals surface area contributed by atoms with Crippen molar-refractivity contribution in [2.24, 2.45) is 0 Å². The third-order valence-corrected chi connectivity index (χ3v) is 11.0. The van der Waals surface area contributed by atoms with Crippen molar-refractivity contribution in [2.75, 3.05) is 0 Å². The first-order valence-electron chi connectivity index (χ1n) is 21.4.